The minimum Gasteiger partial charge on any atom is -0.348 e. The highest BCUT2D eigenvalue weighted by molar-refractivity contribution is 9.10. The summed E-state index contributed by atoms with van der Waals surface area (Å²) in [5.41, 5.74) is 0.891. The van der Waals surface area contributed by atoms with Crippen molar-refractivity contribution < 1.29 is 13.2 Å². The van der Waals surface area contributed by atoms with Gasteiger partial charge in [0.2, 0.25) is 15.9 Å². The van der Waals surface area contributed by atoms with Gasteiger partial charge in [-0.15, -0.1) is 0 Å². The average molecular weight is 375 g/mol. The number of sulfonamides is 1. The Bertz CT molecular complexity index is 614. The fourth-order valence-electron chi connectivity index (χ4n) is 2.26. The molecule has 1 fully saturated rings. The highest BCUT2D eigenvalue weighted by Crippen LogP contribution is 2.26. The Balaban J connectivity index is 2.25. The molecule has 2 rings (SSSR count). The van der Waals surface area contributed by atoms with E-state index in [-0.39, 0.29) is 18.0 Å². The molecule has 0 unspecified atom stereocenters. The minimum absolute atomic E-state index is 0.0529. The van der Waals surface area contributed by atoms with Crippen molar-refractivity contribution in [3.63, 3.8) is 0 Å². The Hall–Kier alpha value is -0.920. The number of piperidine rings is 1. The lowest BCUT2D eigenvalue weighted by atomic mass is 9.93. The summed E-state index contributed by atoms with van der Waals surface area (Å²) in [7, 11) is -3.37. The molecular formula is C14H19BrN2O3S. The maximum Gasteiger partial charge on any atom is 0.220 e. The second-order valence-corrected chi connectivity index (χ2v) is 8.64. The molecule has 1 aliphatic rings. The molecule has 1 amide bonds. The van der Waals surface area contributed by atoms with Gasteiger partial charge < -0.3 is 5.32 Å². The molecular weight excluding hydrogens is 356 g/mol. The topological polar surface area (TPSA) is 75.3 Å². The summed E-state index contributed by atoms with van der Waals surface area (Å²) in [6.45, 7) is 3.27. The van der Waals surface area contributed by atoms with Gasteiger partial charge >= 0.3 is 0 Å². The van der Waals surface area contributed by atoms with E-state index in [1.807, 2.05) is 24.3 Å². The molecule has 7 heteroatoms. The third-order valence-electron chi connectivity index (χ3n) is 3.57. The lowest BCUT2D eigenvalue weighted by Crippen LogP contribution is -2.51. The molecule has 1 aromatic rings. The Morgan fingerprint density at radius 3 is 2.48 bits per heavy atom. The van der Waals surface area contributed by atoms with E-state index >= 15 is 0 Å². The van der Waals surface area contributed by atoms with Crippen LogP contribution >= 0.6 is 15.9 Å². The number of carbonyl (C=O) groups excluding carboxylic acids is 1. The van der Waals surface area contributed by atoms with Gasteiger partial charge in [-0.1, -0.05) is 28.1 Å². The Morgan fingerprint density at radius 1 is 1.29 bits per heavy atom. The van der Waals surface area contributed by atoms with Crippen molar-refractivity contribution >= 4 is 31.9 Å². The summed E-state index contributed by atoms with van der Waals surface area (Å²) in [5, 5.41) is 2.38. The second-order valence-electron chi connectivity index (χ2n) is 5.45. The van der Waals surface area contributed by atoms with Crippen LogP contribution in [-0.4, -0.2) is 25.6 Å². The van der Waals surface area contributed by atoms with Gasteiger partial charge in [0.25, 0.3) is 0 Å². The van der Waals surface area contributed by atoms with Crippen LogP contribution in [0.4, 0.5) is 0 Å². The Kier molecular flexibility index (Phi) is 5.06. The highest BCUT2D eigenvalue weighted by Gasteiger charge is 2.33. The number of halogens is 1. The summed E-state index contributed by atoms with van der Waals surface area (Å²) in [4.78, 5) is 11.7. The predicted octanol–water partition coefficient (Wildman–Crippen LogP) is 2.10. The predicted molar refractivity (Wildman–Crippen MR) is 85.2 cm³/mol. The first kappa shape index (κ1) is 16.5. The van der Waals surface area contributed by atoms with E-state index in [9.17, 15) is 13.2 Å². The van der Waals surface area contributed by atoms with Crippen LogP contribution in [0.3, 0.4) is 0 Å². The van der Waals surface area contributed by atoms with Crippen LogP contribution in [0.5, 0.6) is 0 Å². The first-order chi connectivity index (χ1) is 9.79. The van der Waals surface area contributed by atoms with E-state index in [1.165, 1.54) is 0 Å². The fraction of sp³-hybridized carbons (Fsp3) is 0.500. The number of amides is 1. The molecule has 1 saturated heterocycles. The van der Waals surface area contributed by atoms with Crippen LogP contribution in [-0.2, 0) is 14.8 Å². The molecule has 0 spiro atoms. The van der Waals surface area contributed by atoms with Crippen molar-refractivity contribution in [2.45, 2.75) is 44.0 Å². The second kappa shape index (κ2) is 6.46. The fourth-order valence-corrected chi connectivity index (χ4v) is 3.47. The van der Waals surface area contributed by atoms with Gasteiger partial charge in [0.15, 0.2) is 0 Å². The molecule has 0 saturated carbocycles. The van der Waals surface area contributed by atoms with E-state index in [4.69, 9.17) is 0 Å². The van der Waals surface area contributed by atoms with Crippen LogP contribution < -0.4 is 10.0 Å². The minimum atomic E-state index is -3.37. The smallest absolute Gasteiger partial charge is 0.220 e. The van der Waals surface area contributed by atoms with Crippen molar-refractivity contribution in [1.82, 2.24) is 10.0 Å². The van der Waals surface area contributed by atoms with Crippen LogP contribution in [0.25, 0.3) is 0 Å². The number of carbonyl (C=O) groups is 1. The Morgan fingerprint density at radius 2 is 1.90 bits per heavy atom. The third kappa shape index (κ3) is 4.05. The summed E-state index contributed by atoms with van der Waals surface area (Å²) in [5.74, 6) is -0.0529. The first-order valence-electron chi connectivity index (χ1n) is 6.85. The summed E-state index contributed by atoms with van der Waals surface area (Å²) < 4.78 is 27.8. The van der Waals surface area contributed by atoms with Gasteiger partial charge in [-0.05, 0) is 38.0 Å². The van der Waals surface area contributed by atoms with E-state index in [2.05, 4.69) is 26.0 Å². The van der Waals surface area contributed by atoms with Crippen molar-refractivity contribution in [3.8, 4) is 0 Å². The SMILES string of the molecule is CC(C)S(=O)(=O)N[C@H]1CCC(=O)N[C@@H]1c1ccc(Br)cc1. The van der Waals surface area contributed by atoms with Gasteiger partial charge in [0, 0.05) is 16.9 Å². The van der Waals surface area contributed by atoms with Crippen molar-refractivity contribution in [1.29, 1.82) is 0 Å². The molecule has 0 aliphatic carbocycles. The van der Waals surface area contributed by atoms with Crippen molar-refractivity contribution in [2.24, 2.45) is 0 Å². The van der Waals surface area contributed by atoms with E-state index in [1.54, 1.807) is 13.8 Å². The standard InChI is InChI=1S/C14H19BrN2O3S/c1-9(2)21(19,20)17-12-7-8-13(18)16-14(12)10-3-5-11(15)6-4-10/h3-6,9,12,14,17H,7-8H2,1-2H3,(H,16,18)/t12-,14+/m0/s1. The monoisotopic (exact) mass is 374 g/mol. The van der Waals surface area contributed by atoms with E-state index in [0.717, 1.165) is 10.0 Å². The number of benzene rings is 1. The zero-order chi connectivity index (χ0) is 15.6. The molecule has 2 N–H and O–H groups in total. The van der Waals surface area contributed by atoms with Crippen LogP contribution in [0.15, 0.2) is 28.7 Å². The zero-order valence-corrected chi connectivity index (χ0v) is 14.4. The van der Waals surface area contributed by atoms with E-state index in [0.29, 0.717) is 12.8 Å². The average Bonchev–Trinajstić information content (AvgIpc) is 2.41. The first-order valence-corrected chi connectivity index (χ1v) is 9.19. The maximum absolute atomic E-state index is 12.1. The van der Waals surface area contributed by atoms with Gasteiger partial charge in [0.1, 0.15) is 0 Å². The zero-order valence-electron chi connectivity index (χ0n) is 12.0. The molecule has 1 aliphatic heterocycles. The summed E-state index contributed by atoms with van der Waals surface area (Å²) in [6.07, 6.45) is 0.830. The molecule has 0 radical (unpaired) electrons. The van der Waals surface area contributed by atoms with E-state index < -0.39 is 15.3 Å². The lowest BCUT2D eigenvalue weighted by Gasteiger charge is -2.33. The molecule has 1 heterocycles. The molecule has 0 aromatic heterocycles. The molecule has 0 bridgehead atoms. The molecule has 21 heavy (non-hydrogen) atoms. The molecule has 5 nitrogen and oxygen atoms in total. The number of hydrogen-bond acceptors (Lipinski definition) is 3. The van der Waals surface area contributed by atoms with Gasteiger partial charge in [-0.2, -0.15) is 0 Å². The largest absolute Gasteiger partial charge is 0.348 e. The van der Waals surface area contributed by atoms with Gasteiger partial charge in [0.05, 0.1) is 11.3 Å². The normalized spacial score (nSPS) is 23.1. The van der Waals surface area contributed by atoms with Crippen molar-refractivity contribution in [2.75, 3.05) is 0 Å². The van der Waals surface area contributed by atoms with Crippen LogP contribution in [0.2, 0.25) is 0 Å². The van der Waals surface area contributed by atoms with Crippen LogP contribution in [0.1, 0.15) is 38.3 Å². The summed E-state index contributed by atoms with van der Waals surface area (Å²) >= 11 is 3.37. The molecule has 2 atom stereocenters. The molecule has 116 valence electrons. The highest BCUT2D eigenvalue weighted by atomic mass is 79.9. The van der Waals surface area contributed by atoms with Crippen LogP contribution in [0, 0.1) is 0 Å². The maximum atomic E-state index is 12.1. The Labute approximate surface area is 133 Å². The number of nitrogens with one attached hydrogen (secondary N) is 2. The number of hydrogen-bond donors (Lipinski definition) is 2. The lowest BCUT2D eigenvalue weighted by molar-refractivity contribution is -0.123. The van der Waals surface area contributed by atoms with Gasteiger partial charge in [-0.25, -0.2) is 13.1 Å². The third-order valence-corrected chi connectivity index (χ3v) is 5.97. The summed E-state index contributed by atoms with van der Waals surface area (Å²) in [6, 6.07) is 6.87. The quantitative estimate of drug-likeness (QED) is 0.846. The number of rotatable bonds is 4. The van der Waals surface area contributed by atoms with Gasteiger partial charge in [-0.3, -0.25) is 4.79 Å². The molecule has 1 aromatic carbocycles. The van der Waals surface area contributed by atoms with Crippen molar-refractivity contribution in [3.05, 3.63) is 34.3 Å².